The number of ketones is 1. The number of ether oxygens (including phenoxy) is 1. The van der Waals surface area contributed by atoms with Crippen LogP contribution in [0.2, 0.25) is 0 Å². The Bertz CT molecular complexity index is 557. The molecule has 3 heteroatoms. The Kier molecular flexibility index (Phi) is 4.38. The maximum atomic E-state index is 12.8. The van der Waals surface area contributed by atoms with Crippen LogP contribution in [-0.2, 0) is 14.3 Å². The summed E-state index contributed by atoms with van der Waals surface area (Å²) in [5.74, 6) is 2.58. The Morgan fingerprint density at radius 3 is 2.52 bits per heavy atom. The smallest absolute Gasteiger partial charge is 0.136 e. The van der Waals surface area contributed by atoms with Crippen molar-refractivity contribution in [3.63, 3.8) is 0 Å². The van der Waals surface area contributed by atoms with Gasteiger partial charge < -0.3 is 9.53 Å². The number of hydrogen-bond donors (Lipinski definition) is 0. The van der Waals surface area contributed by atoms with Gasteiger partial charge in [-0.05, 0) is 81.0 Å². The highest BCUT2D eigenvalue weighted by Gasteiger charge is 2.64. The normalized spacial score (nSPS) is 52.0. The molecule has 0 aromatic rings. The second-order valence-corrected chi connectivity index (χ2v) is 9.70. The summed E-state index contributed by atoms with van der Waals surface area (Å²) in [6, 6.07) is 0. The number of methoxy groups -OCH3 is 1. The van der Waals surface area contributed by atoms with E-state index in [1.54, 1.807) is 6.92 Å². The predicted octanol–water partition coefficient (Wildman–Crippen LogP) is 4.43. The van der Waals surface area contributed by atoms with Crippen molar-refractivity contribution in [3.05, 3.63) is 0 Å². The Morgan fingerprint density at radius 1 is 1.04 bits per heavy atom. The first-order chi connectivity index (χ1) is 12.0. The first kappa shape index (κ1) is 17.7. The lowest BCUT2D eigenvalue weighted by atomic mass is 9.43. The second kappa shape index (κ2) is 6.18. The maximum Gasteiger partial charge on any atom is 0.136 e. The van der Waals surface area contributed by atoms with E-state index in [-0.39, 0.29) is 17.1 Å². The van der Waals surface area contributed by atoms with Crippen LogP contribution < -0.4 is 0 Å². The minimum atomic E-state index is -0.362. The van der Waals surface area contributed by atoms with Gasteiger partial charge >= 0.3 is 0 Å². The maximum absolute atomic E-state index is 12.8. The summed E-state index contributed by atoms with van der Waals surface area (Å²) in [5, 5.41) is 0. The highest BCUT2D eigenvalue weighted by atomic mass is 16.5. The van der Waals surface area contributed by atoms with Crippen molar-refractivity contribution >= 4 is 12.1 Å². The minimum absolute atomic E-state index is 0.0474. The summed E-state index contributed by atoms with van der Waals surface area (Å²) in [6.07, 6.45) is 11.9. The molecule has 25 heavy (non-hydrogen) atoms. The van der Waals surface area contributed by atoms with Crippen molar-refractivity contribution in [1.29, 1.82) is 0 Å². The molecule has 0 N–H and O–H groups in total. The first-order valence-corrected chi connectivity index (χ1v) is 10.5. The van der Waals surface area contributed by atoms with Crippen molar-refractivity contribution < 1.29 is 14.3 Å². The summed E-state index contributed by atoms with van der Waals surface area (Å²) in [5.41, 5.74) is 0.00310. The van der Waals surface area contributed by atoms with Crippen LogP contribution in [0.1, 0.15) is 71.6 Å². The lowest BCUT2D eigenvalue weighted by Gasteiger charge is -2.62. The molecule has 4 rings (SSSR count). The Hall–Kier alpha value is -0.700. The van der Waals surface area contributed by atoms with Crippen LogP contribution in [0.4, 0.5) is 0 Å². The lowest BCUT2D eigenvalue weighted by molar-refractivity contribution is -0.174. The van der Waals surface area contributed by atoms with E-state index in [1.165, 1.54) is 25.7 Å². The van der Waals surface area contributed by atoms with Crippen molar-refractivity contribution in [2.75, 3.05) is 7.11 Å². The second-order valence-electron chi connectivity index (χ2n) is 9.70. The van der Waals surface area contributed by atoms with Crippen molar-refractivity contribution in [3.8, 4) is 0 Å². The standard InChI is InChI=1S/C22H34O3/c1-14(24)22-11-9-17-16(18(22)8-7-15(22)13-23)12-20(25-3)19-6-4-5-10-21(17,19)2/h13,15-20H,4-12H2,1-3H3/t15-,16-,17+,18+,19-,20-,21-,22+/m1/s1. The van der Waals surface area contributed by atoms with Crippen molar-refractivity contribution in [2.45, 2.75) is 77.7 Å². The number of hydrogen-bond acceptors (Lipinski definition) is 3. The zero-order valence-corrected chi connectivity index (χ0v) is 16.1. The lowest BCUT2D eigenvalue weighted by Crippen LogP contribution is -2.59. The summed E-state index contributed by atoms with van der Waals surface area (Å²) in [6.45, 7) is 4.27. The third kappa shape index (κ3) is 2.27. The molecule has 0 unspecified atom stereocenters. The fourth-order valence-electron chi connectivity index (χ4n) is 8.19. The molecule has 4 aliphatic rings. The van der Waals surface area contributed by atoms with Gasteiger partial charge in [0, 0.05) is 18.4 Å². The van der Waals surface area contributed by atoms with E-state index in [2.05, 4.69) is 6.92 Å². The number of aldehydes is 1. The Balaban J connectivity index is 1.73. The third-order valence-corrected chi connectivity index (χ3v) is 9.27. The molecule has 0 spiro atoms. The van der Waals surface area contributed by atoms with Gasteiger partial charge in [-0.3, -0.25) is 4.79 Å². The monoisotopic (exact) mass is 346 g/mol. The van der Waals surface area contributed by atoms with Crippen molar-refractivity contribution in [2.24, 2.45) is 40.4 Å². The van der Waals surface area contributed by atoms with Crippen LogP contribution in [0.5, 0.6) is 0 Å². The van der Waals surface area contributed by atoms with Crippen molar-refractivity contribution in [1.82, 2.24) is 0 Å². The van der Waals surface area contributed by atoms with E-state index in [0.29, 0.717) is 35.2 Å². The van der Waals surface area contributed by atoms with E-state index in [1.807, 2.05) is 7.11 Å². The van der Waals surface area contributed by atoms with Gasteiger partial charge in [0.1, 0.15) is 12.1 Å². The van der Waals surface area contributed by atoms with Gasteiger partial charge in [0.25, 0.3) is 0 Å². The summed E-state index contributed by atoms with van der Waals surface area (Å²) < 4.78 is 6.02. The number of carbonyl (C=O) groups is 2. The summed E-state index contributed by atoms with van der Waals surface area (Å²) in [4.78, 5) is 24.5. The minimum Gasteiger partial charge on any atom is -0.381 e. The van der Waals surface area contributed by atoms with Crippen LogP contribution in [-0.4, -0.2) is 25.3 Å². The van der Waals surface area contributed by atoms with Gasteiger partial charge in [-0.1, -0.05) is 19.8 Å². The molecular weight excluding hydrogens is 312 g/mol. The summed E-state index contributed by atoms with van der Waals surface area (Å²) >= 11 is 0. The molecule has 140 valence electrons. The quantitative estimate of drug-likeness (QED) is 0.710. The van der Waals surface area contributed by atoms with Gasteiger partial charge in [0.05, 0.1) is 6.10 Å². The Morgan fingerprint density at radius 2 is 1.84 bits per heavy atom. The molecule has 0 aromatic carbocycles. The van der Waals surface area contributed by atoms with E-state index >= 15 is 0 Å². The molecule has 0 aromatic heterocycles. The zero-order chi connectivity index (χ0) is 17.8. The molecule has 8 atom stereocenters. The van der Waals surface area contributed by atoms with Crippen LogP contribution in [0.15, 0.2) is 0 Å². The fourth-order valence-corrected chi connectivity index (χ4v) is 8.19. The van der Waals surface area contributed by atoms with Gasteiger partial charge in [-0.15, -0.1) is 0 Å². The largest absolute Gasteiger partial charge is 0.381 e. The highest BCUT2D eigenvalue weighted by Crippen LogP contribution is 2.67. The van der Waals surface area contributed by atoms with Crippen LogP contribution in [0.25, 0.3) is 0 Å². The van der Waals surface area contributed by atoms with Gasteiger partial charge in [0.2, 0.25) is 0 Å². The summed E-state index contributed by atoms with van der Waals surface area (Å²) in [7, 11) is 1.88. The number of carbonyl (C=O) groups excluding carboxylic acids is 2. The first-order valence-electron chi connectivity index (χ1n) is 10.5. The molecule has 0 radical (unpaired) electrons. The zero-order valence-electron chi connectivity index (χ0n) is 16.1. The molecule has 4 fully saturated rings. The highest BCUT2D eigenvalue weighted by molar-refractivity contribution is 5.87. The number of Topliss-reactive ketones (excluding diaryl/α,β-unsaturated/α-hetero) is 1. The average molecular weight is 347 g/mol. The molecule has 0 amide bonds. The van der Waals surface area contributed by atoms with Gasteiger partial charge in [-0.25, -0.2) is 0 Å². The van der Waals surface area contributed by atoms with E-state index < -0.39 is 0 Å². The third-order valence-electron chi connectivity index (χ3n) is 9.27. The molecule has 4 saturated carbocycles. The van der Waals surface area contributed by atoms with E-state index in [0.717, 1.165) is 38.4 Å². The molecule has 3 nitrogen and oxygen atoms in total. The molecular formula is C22H34O3. The molecule has 0 heterocycles. The predicted molar refractivity (Wildman–Crippen MR) is 97.1 cm³/mol. The molecule has 4 aliphatic carbocycles. The average Bonchev–Trinajstić information content (AvgIpc) is 3.00. The van der Waals surface area contributed by atoms with E-state index in [9.17, 15) is 9.59 Å². The number of rotatable bonds is 3. The Labute approximate surface area is 152 Å². The SMILES string of the molecule is CO[C@@H]1C[C@@H]2[C@H](CC[C@]3(C(C)=O)[C@@H](C=O)CC[C@@H]23)[C@@]2(C)CCCC[C@H]12. The molecule has 0 aliphatic heterocycles. The van der Waals surface area contributed by atoms with Crippen LogP contribution in [0.3, 0.4) is 0 Å². The van der Waals surface area contributed by atoms with E-state index in [4.69, 9.17) is 4.74 Å². The molecule has 0 bridgehead atoms. The van der Waals surface area contributed by atoms with Gasteiger partial charge in [0.15, 0.2) is 0 Å². The van der Waals surface area contributed by atoms with Gasteiger partial charge in [-0.2, -0.15) is 0 Å². The fraction of sp³-hybridized carbons (Fsp3) is 0.909. The number of fused-ring (bicyclic) bond motifs is 5. The van der Waals surface area contributed by atoms with Crippen LogP contribution in [0, 0.1) is 40.4 Å². The van der Waals surface area contributed by atoms with Crippen LogP contribution >= 0.6 is 0 Å². The molecule has 0 saturated heterocycles. The topological polar surface area (TPSA) is 43.4 Å².